The maximum atomic E-state index is 13.6. The van der Waals surface area contributed by atoms with Gasteiger partial charge in [0.1, 0.15) is 4.83 Å². The van der Waals surface area contributed by atoms with E-state index in [1.54, 1.807) is 27.7 Å². The Hall–Kier alpha value is -1.63. The van der Waals surface area contributed by atoms with E-state index in [-0.39, 0.29) is 11.2 Å². The molecule has 4 rings (SSSR count). The van der Waals surface area contributed by atoms with Crippen LogP contribution in [-0.4, -0.2) is 20.9 Å². The van der Waals surface area contributed by atoms with Gasteiger partial charge in [-0.2, -0.15) is 0 Å². The van der Waals surface area contributed by atoms with Crippen molar-refractivity contribution >= 4 is 33.3 Å². The van der Waals surface area contributed by atoms with Crippen LogP contribution in [0.15, 0.2) is 34.2 Å². The molecule has 1 atom stereocenters. The summed E-state index contributed by atoms with van der Waals surface area (Å²) < 4.78 is 7.86. The molecule has 1 aliphatic heterocycles. The first-order chi connectivity index (χ1) is 13.0. The molecule has 4 nitrogen and oxygen atoms in total. The van der Waals surface area contributed by atoms with E-state index in [0.717, 1.165) is 50.1 Å². The molecule has 142 valence electrons. The molecule has 0 unspecified atom stereocenters. The first-order valence-electron chi connectivity index (χ1n) is 9.37. The average Bonchev–Trinajstić information content (AvgIpc) is 3.01. The highest BCUT2D eigenvalue weighted by Gasteiger charge is 2.33. The second-order valence-electron chi connectivity index (χ2n) is 7.26. The van der Waals surface area contributed by atoms with Gasteiger partial charge in [-0.15, -0.1) is 11.3 Å². The zero-order chi connectivity index (χ0) is 19.2. The van der Waals surface area contributed by atoms with Gasteiger partial charge in [0.05, 0.1) is 23.3 Å². The zero-order valence-corrected chi connectivity index (χ0v) is 17.8. The summed E-state index contributed by atoms with van der Waals surface area (Å²) in [7, 11) is 0. The van der Waals surface area contributed by atoms with Gasteiger partial charge < -0.3 is 4.74 Å². The van der Waals surface area contributed by atoms with Crippen LogP contribution in [-0.2, 0) is 17.8 Å². The van der Waals surface area contributed by atoms with Crippen LogP contribution in [0.2, 0.25) is 0 Å². The Balaban J connectivity index is 1.98. The van der Waals surface area contributed by atoms with Gasteiger partial charge in [-0.1, -0.05) is 43.3 Å². The first-order valence-corrected chi connectivity index (χ1v) is 11.2. The second kappa shape index (κ2) is 7.08. The maximum Gasteiger partial charge on any atom is 0.267 e. The van der Waals surface area contributed by atoms with E-state index in [0.29, 0.717) is 6.61 Å². The van der Waals surface area contributed by atoms with E-state index in [2.05, 4.69) is 27.7 Å². The van der Waals surface area contributed by atoms with Gasteiger partial charge in [0.25, 0.3) is 5.56 Å². The number of fused-ring (bicyclic) bond motifs is 3. The summed E-state index contributed by atoms with van der Waals surface area (Å²) in [4.78, 5) is 20.5. The van der Waals surface area contributed by atoms with Gasteiger partial charge in [-0.25, -0.2) is 4.98 Å². The van der Waals surface area contributed by atoms with Gasteiger partial charge in [-0.05, 0) is 43.7 Å². The number of ether oxygens (including phenoxy) is 1. The highest BCUT2D eigenvalue weighted by molar-refractivity contribution is 7.99. The fourth-order valence-electron chi connectivity index (χ4n) is 3.48. The van der Waals surface area contributed by atoms with E-state index in [9.17, 15) is 4.79 Å². The predicted molar refractivity (Wildman–Crippen MR) is 114 cm³/mol. The van der Waals surface area contributed by atoms with E-state index in [1.807, 2.05) is 24.3 Å². The zero-order valence-electron chi connectivity index (χ0n) is 16.2. The van der Waals surface area contributed by atoms with Crippen molar-refractivity contribution < 1.29 is 4.74 Å². The molecular formula is C21H24N2O2S2. The fraction of sp³-hybridized carbons (Fsp3) is 0.429. The number of hydrogen-bond acceptors (Lipinski definition) is 5. The van der Waals surface area contributed by atoms with Crippen LogP contribution in [0.5, 0.6) is 0 Å². The number of benzene rings is 1. The normalized spacial score (nSPS) is 19.4. The largest absolute Gasteiger partial charge is 0.369 e. The van der Waals surface area contributed by atoms with E-state index >= 15 is 0 Å². The van der Waals surface area contributed by atoms with Gasteiger partial charge in [0, 0.05) is 11.3 Å². The smallest absolute Gasteiger partial charge is 0.267 e. The van der Waals surface area contributed by atoms with Gasteiger partial charge in [0.2, 0.25) is 0 Å². The Bertz CT molecular complexity index is 1050. The lowest BCUT2D eigenvalue weighted by Gasteiger charge is -2.32. The molecule has 0 bridgehead atoms. The average molecular weight is 401 g/mol. The van der Waals surface area contributed by atoms with Crippen molar-refractivity contribution in [3.63, 3.8) is 0 Å². The Morgan fingerprint density at radius 1 is 1.30 bits per heavy atom. The van der Waals surface area contributed by atoms with Crippen LogP contribution in [0.25, 0.3) is 15.9 Å². The Labute approximate surface area is 167 Å². The van der Waals surface area contributed by atoms with Crippen molar-refractivity contribution in [2.75, 3.05) is 5.75 Å². The molecule has 1 aliphatic rings. The van der Waals surface area contributed by atoms with Crippen molar-refractivity contribution in [1.29, 1.82) is 0 Å². The molecule has 0 spiro atoms. The van der Waals surface area contributed by atoms with E-state index < -0.39 is 0 Å². The van der Waals surface area contributed by atoms with Gasteiger partial charge in [-0.3, -0.25) is 9.36 Å². The standard InChI is InChI=1S/C21H24N2O2S2/c1-5-21(4)11-15-16(12-25-21)27-18-17(15)19(24)23(20(22-18)26-6-2)14-9-7-13(3)8-10-14/h7-10H,5-6,11-12H2,1-4H3/t21-/m0/s1. The minimum Gasteiger partial charge on any atom is -0.369 e. The summed E-state index contributed by atoms with van der Waals surface area (Å²) >= 11 is 3.22. The molecule has 6 heteroatoms. The number of aromatic nitrogens is 2. The third-order valence-corrected chi connectivity index (χ3v) is 7.21. The molecule has 3 heterocycles. The number of nitrogens with zero attached hydrogens (tertiary/aromatic N) is 2. The quantitative estimate of drug-likeness (QED) is 0.451. The third kappa shape index (κ3) is 3.24. The van der Waals surface area contributed by atoms with Crippen molar-refractivity contribution in [2.45, 2.75) is 57.9 Å². The van der Waals surface area contributed by atoms with Gasteiger partial charge >= 0.3 is 0 Å². The monoisotopic (exact) mass is 400 g/mol. The molecule has 3 aromatic rings. The van der Waals surface area contributed by atoms with Crippen LogP contribution in [0, 0.1) is 6.92 Å². The van der Waals surface area contributed by atoms with Gasteiger partial charge in [0.15, 0.2) is 5.16 Å². The third-order valence-electron chi connectivity index (χ3n) is 5.29. The summed E-state index contributed by atoms with van der Waals surface area (Å²) in [6.07, 6.45) is 1.69. The van der Waals surface area contributed by atoms with Crippen LogP contribution in [0.3, 0.4) is 0 Å². The summed E-state index contributed by atoms with van der Waals surface area (Å²) in [6, 6.07) is 8.08. The van der Waals surface area contributed by atoms with Crippen molar-refractivity contribution in [1.82, 2.24) is 9.55 Å². The van der Waals surface area contributed by atoms with Crippen LogP contribution < -0.4 is 5.56 Å². The highest BCUT2D eigenvalue weighted by Crippen LogP contribution is 2.39. The van der Waals surface area contributed by atoms with Crippen molar-refractivity contribution in [3.05, 3.63) is 50.6 Å². The lowest BCUT2D eigenvalue weighted by atomic mass is 9.90. The number of hydrogen-bond donors (Lipinski definition) is 0. The SMILES string of the molecule is CCSc1nc2sc3c(c2c(=O)n1-c1ccc(C)cc1)C[C@](C)(CC)OC3. The van der Waals surface area contributed by atoms with Crippen molar-refractivity contribution in [2.24, 2.45) is 0 Å². The number of thiophene rings is 1. The molecule has 2 aromatic heterocycles. The first kappa shape index (κ1) is 18.7. The Morgan fingerprint density at radius 3 is 2.70 bits per heavy atom. The second-order valence-corrected chi connectivity index (χ2v) is 9.57. The van der Waals surface area contributed by atoms with Crippen molar-refractivity contribution in [3.8, 4) is 5.69 Å². The minimum absolute atomic E-state index is 0.0395. The molecule has 1 aromatic carbocycles. The lowest BCUT2D eigenvalue weighted by molar-refractivity contribution is -0.0543. The predicted octanol–water partition coefficient (Wildman–Crippen LogP) is 5.11. The minimum atomic E-state index is -0.209. The topological polar surface area (TPSA) is 44.1 Å². The molecule has 0 saturated heterocycles. The number of aryl methyl sites for hydroxylation is 1. The molecule has 0 saturated carbocycles. The lowest BCUT2D eigenvalue weighted by Crippen LogP contribution is -2.34. The summed E-state index contributed by atoms with van der Waals surface area (Å²) in [5.41, 5.74) is 3.02. The fourth-order valence-corrected chi connectivity index (χ4v) is 5.36. The maximum absolute atomic E-state index is 13.6. The Kier molecular flexibility index (Phi) is 4.91. The molecule has 0 fully saturated rings. The molecule has 0 amide bonds. The number of thioether (sulfide) groups is 1. The van der Waals surface area contributed by atoms with E-state index in [4.69, 9.17) is 9.72 Å². The molecule has 0 aliphatic carbocycles. The number of rotatable bonds is 4. The van der Waals surface area contributed by atoms with Crippen LogP contribution >= 0.6 is 23.1 Å². The highest BCUT2D eigenvalue weighted by atomic mass is 32.2. The Morgan fingerprint density at radius 2 is 2.04 bits per heavy atom. The summed E-state index contributed by atoms with van der Waals surface area (Å²) in [6.45, 7) is 8.98. The van der Waals surface area contributed by atoms with E-state index in [1.165, 1.54) is 5.56 Å². The molecular weight excluding hydrogens is 376 g/mol. The molecule has 27 heavy (non-hydrogen) atoms. The molecule has 0 radical (unpaired) electrons. The summed E-state index contributed by atoms with van der Waals surface area (Å²) in [5.74, 6) is 0.867. The summed E-state index contributed by atoms with van der Waals surface area (Å²) in [5, 5.41) is 1.54. The van der Waals surface area contributed by atoms with Crippen LogP contribution in [0.4, 0.5) is 0 Å². The van der Waals surface area contributed by atoms with Crippen LogP contribution in [0.1, 0.15) is 43.2 Å². The molecule has 0 N–H and O–H groups in total.